The first-order valence-corrected chi connectivity index (χ1v) is 8.87. The molecule has 1 N–H and O–H groups in total. The molecule has 0 spiro atoms. The number of nitrogens with zero attached hydrogens (tertiary/aromatic N) is 1. The fraction of sp³-hybridized carbons (Fsp3) is 0.235. The predicted octanol–water partition coefficient (Wildman–Crippen LogP) is 3.03. The minimum atomic E-state index is -3.87. The van der Waals surface area contributed by atoms with E-state index in [0.29, 0.717) is 17.7 Å². The highest BCUT2D eigenvalue weighted by Gasteiger charge is 2.19. The van der Waals surface area contributed by atoms with Gasteiger partial charge in [-0.3, -0.25) is 9.52 Å². The van der Waals surface area contributed by atoms with Crippen molar-refractivity contribution in [3.8, 4) is 0 Å². The largest absolute Gasteiger partial charge is 0.342 e. The Labute approximate surface area is 141 Å². The van der Waals surface area contributed by atoms with Crippen LogP contribution in [0, 0.1) is 12.7 Å². The fourth-order valence-corrected chi connectivity index (χ4v) is 3.16. The topological polar surface area (TPSA) is 66.5 Å². The summed E-state index contributed by atoms with van der Waals surface area (Å²) in [6.45, 7) is 4.10. The predicted molar refractivity (Wildman–Crippen MR) is 91.0 cm³/mol. The van der Waals surface area contributed by atoms with Gasteiger partial charge in [0.2, 0.25) is 0 Å². The average molecular weight is 350 g/mol. The van der Waals surface area contributed by atoms with E-state index in [4.69, 9.17) is 0 Å². The van der Waals surface area contributed by atoms with Gasteiger partial charge in [0, 0.05) is 24.8 Å². The maximum atomic E-state index is 12.9. The van der Waals surface area contributed by atoms with Gasteiger partial charge in [0.15, 0.2) is 0 Å². The molecule has 2 rings (SSSR count). The van der Waals surface area contributed by atoms with E-state index >= 15 is 0 Å². The smallest absolute Gasteiger partial charge is 0.261 e. The maximum Gasteiger partial charge on any atom is 0.261 e. The Bertz CT molecular complexity index is 849. The molecule has 0 aliphatic rings. The summed E-state index contributed by atoms with van der Waals surface area (Å²) in [5.41, 5.74) is 1.28. The summed E-state index contributed by atoms with van der Waals surface area (Å²) in [4.78, 5) is 13.8. The van der Waals surface area contributed by atoms with Crippen molar-refractivity contribution in [1.29, 1.82) is 0 Å². The van der Waals surface area contributed by atoms with E-state index in [-0.39, 0.29) is 16.5 Å². The minimum absolute atomic E-state index is 0.0229. The zero-order valence-electron chi connectivity index (χ0n) is 13.7. The van der Waals surface area contributed by atoms with E-state index in [1.807, 2.05) is 6.92 Å². The van der Waals surface area contributed by atoms with Crippen LogP contribution in [0.1, 0.15) is 22.8 Å². The van der Waals surface area contributed by atoms with Crippen molar-refractivity contribution in [3.63, 3.8) is 0 Å². The van der Waals surface area contributed by atoms with Gasteiger partial charge in [0.05, 0.1) is 4.90 Å². The van der Waals surface area contributed by atoms with Gasteiger partial charge >= 0.3 is 0 Å². The normalized spacial score (nSPS) is 11.2. The summed E-state index contributed by atoms with van der Waals surface area (Å²) in [5.74, 6) is -0.697. The molecule has 2 aromatic carbocycles. The van der Waals surface area contributed by atoms with E-state index < -0.39 is 15.8 Å². The number of rotatable bonds is 5. The molecule has 0 aliphatic heterocycles. The zero-order chi connectivity index (χ0) is 17.9. The third kappa shape index (κ3) is 3.91. The molecule has 0 saturated carbocycles. The molecule has 24 heavy (non-hydrogen) atoms. The number of anilines is 1. The Morgan fingerprint density at radius 2 is 1.79 bits per heavy atom. The molecule has 5 nitrogen and oxygen atoms in total. The van der Waals surface area contributed by atoms with Crippen LogP contribution in [0.5, 0.6) is 0 Å². The number of amides is 1. The lowest BCUT2D eigenvalue weighted by Gasteiger charge is -2.17. The molecular formula is C17H19FN2O3S. The quantitative estimate of drug-likeness (QED) is 0.901. The van der Waals surface area contributed by atoms with E-state index in [9.17, 15) is 17.6 Å². The Morgan fingerprint density at radius 3 is 2.38 bits per heavy atom. The Morgan fingerprint density at radius 1 is 1.17 bits per heavy atom. The van der Waals surface area contributed by atoms with Gasteiger partial charge in [0.1, 0.15) is 5.82 Å². The van der Waals surface area contributed by atoms with Gasteiger partial charge in [-0.25, -0.2) is 12.8 Å². The lowest BCUT2D eigenvalue weighted by Crippen LogP contribution is -2.27. The van der Waals surface area contributed by atoms with Crippen molar-refractivity contribution in [2.24, 2.45) is 0 Å². The van der Waals surface area contributed by atoms with Crippen LogP contribution in [0.15, 0.2) is 47.4 Å². The summed E-state index contributed by atoms with van der Waals surface area (Å²) in [6, 6.07) is 9.38. The van der Waals surface area contributed by atoms with Crippen LogP contribution in [0.4, 0.5) is 10.1 Å². The summed E-state index contributed by atoms with van der Waals surface area (Å²) in [5, 5.41) is 0. The highest BCUT2D eigenvalue weighted by Crippen LogP contribution is 2.20. The highest BCUT2D eigenvalue weighted by molar-refractivity contribution is 7.92. The van der Waals surface area contributed by atoms with Crippen molar-refractivity contribution >= 4 is 21.6 Å². The zero-order valence-corrected chi connectivity index (χ0v) is 14.5. The van der Waals surface area contributed by atoms with Gasteiger partial charge < -0.3 is 4.90 Å². The van der Waals surface area contributed by atoms with Gasteiger partial charge in [-0.1, -0.05) is 6.07 Å². The molecule has 128 valence electrons. The standard InChI is InChI=1S/C17H19FN2O3S/c1-4-20(3)17(21)16-11-15(10-5-12(16)2)24(22,23)19-14-8-6-13(18)7-9-14/h5-11,19H,4H2,1-3H3. The molecule has 0 atom stereocenters. The molecular weight excluding hydrogens is 331 g/mol. The van der Waals surface area contributed by atoms with Crippen molar-refractivity contribution in [2.45, 2.75) is 18.7 Å². The molecule has 0 aromatic heterocycles. The number of nitrogens with one attached hydrogen (secondary N) is 1. The van der Waals surface area contributed by atoms with E-state index in [2.05, 4.69) is 4.72 Å². The van der Waals surface area contributed by atoms with Crippen LogP contribution in [-0.2, 0) is 10.0 Å². The first kappa shape index (κ1) is 17.9. The van der Waals surface area contributed by atoms with Crippen LogP contribution >= 0.6 is 0 Å². The first-order chi connectivity index (χ1) is 11.2. The molecule has 1 amide bonds. The van der Waals surface area contributed by atoms with E-state index in [1.54, 1.807) is 20.0 Å². The van der Waals surface area contributed by atoms with Crippen molar-refractivity contribution in [2.75, 3.05) is 18.3 Å². The van der Waals surface area contributed by atoms with Crippen LogP contribution < -0.4 is 4.72 Å². The van der Waals surface area contributed by atoms with Crippen LogP contribution in [0.2, 0.25) is 0 Å². The second-order valence-corrected chi connectivity index (χ2v) is 7.09. The number of carbonyl (C=O) groups is 1. The van der Waals surface area contributed by atoms with Gasteiger partial charge in [-0.2, -0.15) is 0 Å². The Hall–Kier alpha value is -2.41. The molecule has 0 bridgehead atoms. The number of carbonyl (C=O) groups excluding carboxylic acids is 1. The molecule has 0 unspecified atom stereocenters. The highest BCUT2D eigenvalue weighted by atomic mass is 32.2. The van der Waals surface area contributed by atoms with E-state index in [0.717, 1.165) is 12.1 Å². The van der Waals surface area contributed by atoms with Gasteiger partial charge in [-0.05, 0) is 55.8 Å². The monoisotopic (exact) mass is 350 g/mol. The number of hydrogen-bond donors (Lipinski definition) is 1. The maximum absolute atomic E-state index is 12.9. The number of sulfonamides is 1. The molecule has 0 saturated heterocycles. The lowest BCUT2D eigenvalue weighted by atomic mass is 10.1. The molecule has 2 aromatic rings. The number of benzene rings is 2. The average Bonchev–Trinajstić information content (AvgIpc) is 2.55. The summed E-state index contributed by atoms with van der Waals surface area (Å²) in [7, 11) is -2.22. The minimum Gasteiger partial charge on any atom is -0.342 e. The third-order valence-corrected chi connectivity index (χ3v) is 5.05. The Kier molecular flexibility index (Phi) is 5.23. The van der Waals surface area contributed by atoms with Crippen molar-refractivity contribution < 1.29 is 17.6 Å². The van der Waals surface area contributed by atoms with Gasteiger partial charge in [-0.15, -0.1) is 0 Å². The summed E-state index contributed by atoms with van der Waals surface area (Å²) < 4.78 is 40.3. The SMILES string of the molecule is CCN(C)C(=O)c1cc(S(=O)(=O)Nc2ccc(F)cc2)ccc1C. The molecule has 0 fully saturated rings. The second-order valence-electron chi connectivity index (χ2n) is 5.41. The molecule has 0 heterocycles. The number of hydrogen-bond acceptors (Lipinski definition) is 3. The Balaban J connectivity index is 2.37. The van der Waals surface area contributed by atoms with Crippen molar-refractivity contribution in [1.82, 2.24) is 4.90 Å². The third-order valence-electron chi connectivity index (χ3n) is 3.67. The summed E-state index contributed by atoms with van der Waals surface area (Å²) >= 11 is 0. The lowest BCUT2D eigenvalue weighted by molar-refractivity contribution is 0.0801. The number of halogens is 1. The summed E-state index contributed by atoms with van der Waals surface area (Å²) in [6.07, 6.45) is 0. The molecule has 7 heteroatoms. The first-order valence-electron chi connectivity index (χ1n) is 7.39. The van der Waals surface area contributed by atoms with Crippen LogP contribution in [0.3, 0.4) is 0 Å². The van der Waals surface area contributed by atoms with Crippen LogP contribution in [0.25, 0.3) is 0 Å². The molecule has 0 aliphatic carbocycles. The second kappa shape index (κ2) is 7.00. The van der Waals surface area contributed by atoms with Crippen molar-refractivity contribution in [3.05, 3.63) is 59.4 Å². The van der Waals surface area contributed by atoms with Gasteiger partial charge in [0.25, 0.3) is 15.9 Å². The van der Waals surface area contributed by atoms with Crippen LogP contribution in [-0.4, -0.2) is 32.8 Å². The number of aryl methyl sites for hydroxylation is 1. The fourth-order valence-electron chi connectivity index (χ4n) is 2.08. The molecule has 0 radical (unpaired) electrons. The van der Waals surface area contributed by atoms with E-state index in [1.165, 1.54) is 29.2 Å².